The highest BCUT2D eigenvalue weighted by molar-refractivity contribution is 6.09. The zero-order valence-electron chi connectivity index (χ0n) is 18.2. The quantitative estimate of drug-likeness (QED) is 0.295. The van der Waals surface area contributed by atoms with Crippen molar-refractivity contribution >= 4 is 38.8 Å². The number of rotatable bonds is 3. The van der Waals surface area contributed by atoms with Gasteiger partial charge in [0.25, 0.3) is 0 Å². The molecule has 0 unspecified atom stereocenters. The molecule has 3 heterocycles. The molecule has 0 aliphatic heterocycles. The Morgan fingerprint density at radius 3 is 1.69 bits per heavy atom. The molecule has 0 aliphatic carbocycles. The molecule has 3 heteroatoms. The molecule has 0 N–H and O–H groups in total. The first-order chi connectivity index (χ1) is 15.8. The summed E-state index contributed by atoms with van der Waals surface area (Å²) in [7, 11) is 0. The standard InChI is InChI=1S/C29H23N3/c1-3-11-24-20(2)21-12-4-7-15-25(21)31(24)28-18-10-19-29(30-28)32-26-16-8-5-13-22(26)23-14-6-9-17-27(23)32/h3-19H,1-2H3/b11-3-. The average molecular weight is 414 g/mol. The average Bonchev–Trinajstić information content (AvgIpc) is 3.32. The van der Waals surface area contributed by atoms with Crippen LogP contribution in [0.15, 0.2) is 97.1 Å². The van der Waals surface area contributed by atoms with E-state index in [0.717, 1.165) is 11.6 Å². The number of aryl methyl sites for hydroxylation is 1. The maximum atomic E-state index is 5.18. The lowest BCUT2D eigenvalue weighted by Gasteiger charge is -2.12. The van der Waals surface area contributed by atoms with Crippen molar-refractivity contribution in [2.45, 2.75) is 13.8 Å². The Hall–Kier alpha value is -4.11. The summed E-state index contributed by atoms with van der Waals surface area (Å²) >= 11 is 0. The summed E-state index contributed by atoms with van der Waals surface area (Å²) in [4.78, 5) is 5.18. The third-order valence-electron chi connectivity index (χ3n) is 6.26. The van der Waals surface area contributed by atoms with Crippen LogP contribution in [0.25, 0.3) is 50.4 Å². The van der Waals surface area contributed by atoms with E-state index >= 15 is 0 Å². The number of aromatic nitrogens is 3. The molecule has 0 atom stereocenters. The van der Waals surface area contributed by atoms with Crippen LogP contribution in [0.3, 0.4) is 0 Å². The van der Waals surface area contributed by atoms with E-state index < -0.39 is 0 Å². The maximum absolute atomic E-state index is 5.18. The van der Waals surface area contributed by atoms with Crippen molar-refractivity contribution in [1.82, 2.24) is 14.1 Å². The lowest BCUT2D eigenvalue weighted by atomic mass is 10.1. The molecule has 0 spiro atoms. The van der Waals surface area contributed by atoms with Gasteiger partial charge < -0.3 is 0 Å². The Balaban J connectivity index is 1.66. The Kier molecular flexibility index (Phi) is 4.22. The smallest absolute Gasteiger partial charge is 0.140 e. The van der Waals surface area contributed by atoms with Crippen molar-refractivity contribution in [2.75, 3.05) is 0 Å². The van der Waals surface area contributed by atoms with E-state index in [-0.39, 0.29) is 0 Å². The number of allylic oxidation sites excluding steroid dienone is 1. The molecule has 6 aromatic rings. The predicted molar refractivity (Wildman–Crippen MR) is 135 cm³/mol. The fourth-order valence-electron chi connectivity index (χ4n) is 4.86. The number of hydrogen-bond acceptors (Lipinski definition) is 1. The lowest BCUT2D eigenvalue weighted by Crippen LogP contribution is -2.04. The monoisotopic (exact) mass is 413 g/mol. The number of benzene rings is 3. The Bertz CT molecular complexity index is 1590. The minimum atomic E-state index is 0.918. The molecule has 0 saturated carbocycles. The van der Waals surface area contributed by atoms with E-state index in [4.69, 9.17) is 4.98 Å². The van der Waals surface area contributed by atoms with E-state index in [1.807, 2.05) is 0 Å². The maximum Gasteiger partial charge on any atom is 0.140 e. The Morgan fingerprint density at radius 2 is 1.09 bits per heavy atom. The van der Waals surface area contributed by atoms with Crippen molar-refractivity contribution < 1.29 is 0 Å². The third-order valence-corrected chi connectivity index (χ3v) is 6.26. The minimum absolute atomic E-state index is 0.918. The van der Waals surface area contributed by atoms with Crippen molar-refractivity contribution in [1.29, 1.82) is 0 Å². The van der Waals surface area contributed by atoms with Gasteiger partial charge in [0, 0.05) is 16.2 Å². The molecular formula is C29H23N3. The summed E-state index contributed by atoms with van der Waals surface area (Å²) in [5.74, 6) is 1.84. The highest BCUT2D eigenvalue weighted by atomic mass is 15.1. The van der Waals surface area contributed by atoms with Gasteiger partial charge in [0.1, 0.15) is 11.6 Å². The topological polar surface area (TPSA) is 22.8 Å². The zero-order chi connectivity index (χ0) is 21.7. The van der Waals surface area contributed by atoms with Gasteiger partial charge >= 0.3 is 0 Å². The number of para-hydroxylation sites is 3. The summed E-state index contributed by atoms with van der Waals surface area (Å²) in [5, 5.41) is 3.74. The molecule has 0 radical (unpaired) electrons. The third kappa shape index (κ3) is 2.64. The van der Waals surface area contributed by atoms with Gasteiger partial charge in [-0.1, -0.05) is 66.7 Å². The number of fused-ring (bicyclic) bond motifs is 4. The summed E-state index contributed by atoms with van der Waals surface area (Å²) in [6, 6.07) is 31.9. The van der Waals surface area contributed by atoms with Gasteiger partial charge in [0.2, 0.25) is 0 Å². The van der Waals surface area contributed by atoms with Crippen LogP contribution in [-0.2, 0) is 0 Å². The van der Waals surface area contributed by atoms with E-state index in [1.165, 1.54) is 44.0 Å². The molecule has 0 aliphatic rings. The molecule has 0 bridgehead atoms. The Labute approximate surface area is 186 Å². The fourth-order valence-corrected chi connectivity index (χ4v) is 4.86. The molecule has 0 fully saturated rings. The first kappa shape index (κ1) is 18.6. The van der Waals surface area contributed by atoms with Gasteiger partial charge in [-0.3, -0.25) is 9.13 Å². The van der Waals surface area contributed by atoms with E-state index in [0.29, 0.717) is 0 Å². The summed E-state index contributed by atoms with van der Waals surface area (Å²) in [6.07, 6.45) is 4.26. The molecular weight excluding hydrogens is 390 g/mol. The minimum Gasteiger partial charge on any atom is -0.294 e. The van der Waals surface area contributed by atoms with Crippen LogP contribution in [0.5, 0.6) is 0 Å². The second-order valence-corrected chi connectivity index (χ2v) is 8.09. The van der Waals surface area contributed by atoms with Crippen LogP contribution in [0, 0.1) is 6.92 Å². The van der Waals surface area contributed by atoms with Gasteiger partial charge in [-0.25, -0.2) is 4.98 Å². The number of hydrogen-bond donors (Lipinski definition) is 0. The van der Waals surface area contributed by atoms with Gasteiger partial charge in [-0.2, -0.15) is 0 Å². The van der Waals surface area contributed by atoms with Crippen LogP contribution >= 0.6 is 0 Å². The van der Waals surface area contributed by atoms with Crippen LogP contribution < -0.4 is 0 Å². The highest BCUT2D eigenvalue weighted by Gasteiger charge is 2.16. The van der Waals surface area contributed by atoms with Gasteiger partial charge in [-0.15, -0.1) is 0 Å². The first-order valence-corrected chi connectivity index (χ1v) is 11.0. The van der Waals surface area contributed by atoms with Crippen molar-refractivity contribution in [3.63, 3.8) is 0 Å². The van der Waals surface area contributed by atoms with Gasteiger partial charge in [0.15, 0.2) is 0 Å². The normalized spacial score (nSPS) is 11.9. The number of pyridine rings is 1. The number of nitrogens with zero attached hydrogens (tertiary/aromatic N) is 3. The molecule has 0 saturated heterocycles. The van der Waals surface area contributed by atoms with E-state index in [9.17, 15) is 0 Å². The van der Waals surface area contributed by atoms with Gasteiger partial charge in [-0.05, 0) is 55.8 Å². The van der Waals surface area contributed by atoms with Crippen molar-refractivity contribution in [3.8, 4) is 11.6 Å². The summed E-state index contributed by atoms with van der Waals surface area (Å²) in [6.45, 7) is 4.24. The summed E-state index contributed by atoms with van der Waals surface area (Å²) in [5.41, 5.74) is 5.94. The van der Waals surface area contributed by atoms with E-state index in [1.54, 1.807) is 0 Å². The first-order valence-electron chi connectivity index (χ1n) is 11.0. The second kappa shape index (κ2) is 7.24. The van der Waals surface area contributed by atoms with Crippen molar-refractivity contribution in [2.24, 2.45) is 0 Å². The molecule has 3 aromatic heterocycles. The van der Waals surface area contributed by atoms with Crippen molar-refractivity contribution in [3.05, 3.63) is 108 Å². The zero-order valence-corrected chi connectivity index (χ0v) is 18.2. The van der Waals surface area contributed by atoms with Crippen LogP contribution in [-0.4, -0.2) is 14.1 Å². The molecule has 154 valence electrons. The second-order valence-electron chi connectivity index (χ2n) is 8.09. The highest BCUT2D eigenvalue weighted by Crippen LogP contribution is 2.33. The summed E-state index contributed by atoms with van der Waals surface area (Å²) < 4.78 is 4.53. The molecule has 0 amide bonds. The van der Waals surface area contributed by atoms with Crippen LogP contribution in [0.1, 0.15) is 18.2 Å². The Morgan fingerprint density at radius 1 is 0.594 bits per heavy atom. The molecule has 32 heavy (non-hydrogen) atoms. The van der Waals surface area contributed by atoms with E-state index in [2.05, 4.69) is 126 Å². The molecule has 3 aromatic carbocycles. The van der Waals surface area contributed by atoms with Crippen LogP contribution in [0.2, 0.25) is 0 Å². The lowest BCUT2D eigenvalue weighted by molar-refractivity contribution is 0.983. The largest absolute Gasteiger partial charge is 0.294 e. The van der Waals surface area contributed by atoms with Crippen LogP contribution in [0.4, 0.5) is 0 Å². The predicted octanol–water partition coefficient (Wildman–Crippen LogP) is 7.46. The fraction of sp³-hybridized carbons (Fsp3) is 0.0690. The van der Waals surface area contributed by atoms with Gasteiger partial charge in [0.05, 0.1) is 22.2 Å². The molecule has 6 rings (SSSR count). The molecule has 3 nitrogen and oxygen atoms in total. The SMILES string of the molecule is C/C=C\c1c(C)c2ccccc2n1-c1cccc(-n2c3ccccc3c3ccccc32)n1.